The predicted octanol–water partition coefficient (Wildman–Crippen LogP) is 2.59. The lowest BCUT2D eigenvalue weighted by atomic mass is 9.91. The standard InChI is InChI=1S/C14H18N2/c1-16(2)10-7-8-14-12(9-10)11-5-3-4-6-13(11)15-14/h3-6,10,15H,7-9H2,1-2H3/t10-/m0/s1. The Hall–Kier alpha value is -1.28. The highest BCUT2D eigenvalue weighted by atomic mass is 15.1. The highest BCUT2D eigenvalue weighted by Crippen LogP contribution is 2.30. The molecule has 1 aliphatic carbocycles. The summed E-state index contributed by atoms with van der Waals surface area (Å²) in [6, 6.07) is 9.36. The molecule has 1 atom stereocenters. The zero-order valence-corrected chi connectivity index (χ0v) is 9.96. The Balaban J connectivity index is 2.08. The van der Waals surface area contributed by atoms with Gasteiger partial charge in [-0.1, -0.05) is 18.2 Å². The molecular weight excluding hydrogens is 196 g/mol. The Labute approximate surface area is 96.3 Å². The molecule has 2 aromatic rings. The van der Waals surface area contributed by atoms with Crippen molar-refractivity contribution in [3.8, 4) is 0 Å². The third-order valence-corrected chi connectivity index (χ3v) is 3.80. The molecule has 0 radical (unpaired) electrons. The maximum Gasteiger partial charge on any atom is 0.0458 e. The minimum absolute atomic E-state index is 0.701. The average molecular weight is 214 g/mol. The van der Waals surface area contributed by atoms with E-state index in [9.17, 15) is 0 Å². The number of nitrogens with one attached hydrogen (secondary N) is 1. The van der Waals surface area contributed by atoms with E-state index in [0.717, 1.165) is 0 Å². The summed E-state index contributed by atoms with van der Waals surface area (Å²) in [5, 5.41) is 1.42. The van der Waals surface area contributed by atoms with Crippen LogP contribution in [0.3, 0.4) is 0 Å². The van der Waals surface area contributed by atoms with E-state index in [1.54, 1.807) is 5.56 Å². The number of nitrogens with zero attached hydrogens (tertiary/aromatic N) is 1. The number of benzene rings is 1. The average Bonchev–Trinajstić information content (AvgIpc) is 2.66. The Morgan fingerprint density at radius 3 is 2.88 bits per heavy atom. The molecule has 1 N–H and O–H groups in total. The molecule has 0 saturated carbocycles. The molecule has 3 rings (SSSR count). The van der Waals surface area contributed by atoms with Gasteiger partial charge in [0.15, 0.2) is 0 Å². The molecular formula is C14H18N2. The van der Waals surface area contributed by atoms with Crippen LogP contribution in [0.15, 0.2) is 24.3 Å². The van der Waals surface area contributed by atoms with E-state index >= 15 is 0 Å². The van der Waals surface area contributed by atoms with Crippen LogP contribution < -0.4 is 0 Å². The van der Waals surface area contributed by atoms with Gasteiger partial charge in [0.05, 0.1) is 0 Å². The fourth-order valence-corrected chi connectivity index (χ4v) is 2.79. The van der Waals surface area contributed by atoms with Crippen molar-refractivity contribution in [1.29, 1.82) is 0 Å². The second kappa shape index (κ2) is 3.63. The summed E-state index contributed by atoms with van der Waals surface area (Å²) in [5.74, 6) is 0. The molecule has 0 spiro atoms. The molecule has 84 valence electrons. The van der Waals surface area contributed by atoms with E-state index < -0.39 is 0 Å². The smallest absolute Gasteiger partial charge is 0.0458 e. The van der Waals surface area contributed by atoms with Crippen molar-refractivity contribution in [3.05, 3.63) is 35.5 Å². The van der Waals surface area contributed by atoms with E-state index in [1.807, 2.05) is 0 Å². The van der Waals surface area contributed by atoms with E-state index in [-0.39, 0.29) is 0 Å². The van der Waals surface area contributed by atoms with Crippen LogP contribution >= 0.6 is 0 Å². The van der Waals surface area contributed by atoms with Gasteiger partial charge in [0.25, 0.3) is 0 Å². The van der Waals surface area contributed by atoms with Gasteiger partial charge in [0.2, 0.25) is 0 Å². The SMILES string of the molecule is CN(C)[C@H]1CCc2[nH]c3ccccc3c2C1. The molecule has 1 aromatic carbocycles. The van der Waals surface area contributed by atoms with Crippen molar-refractivity contribution in [2.45, 2.75) is 25.3 Å². The maximum atomic E-state index is 3.56. The lowest BCUT2D eigenvalue weighted by molar-refractivity contribution is 0.268. The first-order chi connectivity index (χ1) is 7.75. The van der Waals surface area contributed by atoms with Crippen LogP contribution in [0.2, 0.25) is 0 Å². The third kappa shape index (κ3) is 1.45. The predicted molar refractivity (Wildman–Crippen MR) is 67.8 cm³/mol. The Kier molecular flexibility index (Phi) is 2.25. The van der Waals surface area contributed by atoms with Crippen LogP contribution in [-0.4, -0.2) is 30.0 Å². The summed E-state index contributed by atoms with van der Waals surface area (Å²) >= 11 is 0. The van der Waals surface area contributed by atoms with Gasteiger partial charge in [-0.25, -0.2) is 0 Å². The third-order valence-electron chi connectivity index (χ3n) is 3.80. The number of rotatable bonds is 1. The number of hydrogen-bond donors (Lipinski definition) is 1. The van der Waals surface area contributed by atoms with Crippen molar-refractivity contribution in [2.75, 3.05) is 14.1 Å². The summed E-state index contributed by atoms with van der Waals surface area (Å²) in [5.41, 5.74) is 4.30. The van der Waals surface area contributed by atoms with Gasteiger partial charge in [-0.05, 0) is 45.0 Å². The number of likely N-dealkylation sites (N-methyl/N-ethyl adjacent to an activating group) is 1. The van der Waals surface area contributed by atoms with Crippen molar-refractivity contribution in [2.24, 2.45) is 0 Å². The molecule has 0 amide bonds. The number of fused-ring (bicyclic) bond motifs is 3. The van der Waals surface area contributed by atoms with Crippen LogP contribution in [0.1, 0.15) is 17.7 Å². The molecule has 0 aliphatic heterocycles. The van der Waals surface area contributed by atoms with Crippen molar-refractivity contribution in [1.82, 2.24) is 9.88 Å². The fourth-order valence-electron chi connectivity index (χ4n) is 2.79. The molecule has 2 nitrogen and oxygen atoms in total. The zero-order valence-electron chi connectivity index (χ0n) is 9.96. The summed E-state index contributed by atoms with van der Waals surface area (Å²) in [4.78, 5) is 5.91. The molecule has 1 aliphatic rings. The lowest BCUT2D eigenvalue weighted by Gasteiger charge is -2.28. The first-order valence-electron chi connectivity index (χ1n) is 6.00. The molecule has 0 unspecified atom stereocenters. The fraction of sp³-hybridized carbons (Fsp3) is 0.429. The number of H-pyrrole nitrogens is 1. The molecule has 0 saturated heterocycles. The quantitative estimate of drug-likeness (QED) is 0.773. The van der Waals surface area contributed by atoms with E-state index in [4.69, 9.17) is 0 Å². The van der Waals surface area contributed by atoms with E-state index in [2.05, 4.69) is 48.2 Å². The normalized spacial score (nSPS) is 20.3. The van der Waals surface area contributed by atoms with Crippen LogP contribution in [0.4, 0.5) is 0 Å². The highest BCUT2D eigenvalue weighted by Gasteiger charge is 2.23. The zero-order chi connectivity index (χ0) is 11.1. The topological polar surface area (TPSA) is 19.0 Å². The van der Waals surface area contributed by atoms with Gasteiger partial charge in [-0.3, -0.25) is 0 Å². The van der Waals surface area contributed by atoms with Crippen LogP contribution in [0.5, 0.6) is 0 Å². The second-order valence-electron chi connectivity index (χ2n) is 4.99. The van der Waals surface area contributed by atoms with Crippen molar-refractivity contribution in [3.63, 3.8) is 0 Å². The monoisotopic (exact) mass is 214 g/mol. The molecule has 0 bridgehead atoms. The minimum Gasteiger partial charge on any atom is -0.358 e. The largest absolute Gasteiger partial charge is 0.358 e. The highest BCUT2D eigenvalue weighted by molar-refractivity contribution is 5.84. The molecule has 1 aromatic heterocycles. The number of hydrogen-bond acceptors (Lipinski definition) is 1. The van der Waals surface area contributed by atoms with Crippen LogP contribution in [0, 0.1) is 0 Å². The van der Waals surface area contributed by atoms with Crippen LogP contribution in [0.25, 0.3) is 10.9 Å². The second-order valence-corrected chi connectivity index (χ2v) is 4.99. The van der Waals surface area contributed by atoms with Crippen molar-refractivity contribution < 1.29 is 0 Å². The van der Waals surface area contributed by atoms with Gasteiger partial charge in [0, 0.05) is 22.6 Å². The number of para-hydroxylation sites is 1. The lowest BCUT2D eigenvalue weighted by Crippen LogP contribution is -2.33. The maximum absolute atomic E-state index is 3.56. The number of aromatic nitrogens is 1. The first-order valence-corrected chi connectivity index (χ1v) is 6.00. The first kappa shape index (κ1) is 9.91. The summed E-state index contributed by atoms with van der Waals surface area (Å²) in [6.07, 6.45) is 3.64. The summed E-state index contributed by atoms with van der Waals surface area (Å²) in [7, 11) is 4.37. The van der Waals surface area contributed by atoms with Gasteiger partial charge in [-0.2, -0.15) is 0 Å². The Morgan fingerprint density at radius 2 is 2.06 bits per heavy atom. The van der Waals surface area contributed by atoms with Crippen molar-refractivity contribution >= 4 is 10.9 Å². The Bertz CT molecular complexity index is 510. The number of aryl methyl sites for hydroxylation is 1. The number of aromatic amines is 1. The summed E-state index contributed by atoms with van der Waals surface area (Å²) < 4.78 is 0. The summed E-state index contributed by atoms with van der Waals surface area (Å²) in [6.45, 7) is 0. The molecule has 0 fully saturated rings. The molecule has 16 heavy (non-hydrogen) atoms. The van der Waals surface area contributed by atoms with Gasteiger partial charge < -0.3 is 9.88 Å². The minimum atomic E-state index is 0.701. The van der Waals surface area contributed by atoms with Gasteiger partial charge >= 0.3 is 0 Å². The van der Waals surface area contributed by atoms with Gasteiger partial charge in [0.1, 0.15) is 0 Å². The van der Waals surface area contributed by atoms with Crippen LogP contribution in [-0.2, 0) is 12.8 Å². The Morgan fingerprint density at radius 1 is 1.25 bits per heavy atom. The van der Waals surface area contributed by atoms with E-state index in [0.29, 0.717) is 6.04 Å². The molecule has 1 heterocycles. The van der Waals surface area contributed by atoms with E-state index in [1.165, 1.54) is 35.9 Å². The molecule has 2 heteroatoms. The van der Waals surface area contributed by atoms with Gasteiger partial charge in [-0.15, -0.1) is 0 Å².